The number of rotatable bonds is 4. The van der Waals surface area contributed by atoms with Crippen molar-refractivity contribution in [3.63, 3.8) is 0 Å². The van der Waals surface area contributed by atoms with Gasteiger partial charge in [0, 0.05) is 11.1 Å². The highest BCUT2D eigenvalue weighted by atomic mass is 35.5. The van der Waals surface area contributed by atoms with Crippen LogP contribution in [-0.2, 0) is 4.79 Å². The van der Waals surface area contributed by atoms with Gasteiger partial charge in [-0.25, -0.2) is 0 Å². The fraction of sp³-hybridized carbons (Fsp3) is 0.500. The first-order valence-electron chi connectivity index (χ1n) is 6.82. The van der Waals surface area contributed by atoms with E-state index in [1.54, 1.807) is 12.1 Å². The lowest BCUT2D eigenvalue weighted by molar-refractivity contribution is -0.117. The molecule has 0 atom stereocenters. The summed E-state index contributed by atoms with van der Waals surface area (Å²) in [4.78, 5) is 14.2. The van der Waals surface area contributed by atoms with Gasteiger partial charge in [0.2, 0.25) is 5.91 Å². The van der Waals surface area contributed by atoms with E-state index < -0.39 is 0 Å². The molecule has 4 nitrogen and oxygen atoms in total. The van der Waals surface area contributed by atoms with E-state index >= 15 is 0 Å². The van der Waals surface area contributed by atoms with Crippen LogP contribution < -0.4 is 10.6 Å². The molecule has 0 aromatic heterocycles. The molecule has 0 saturated carbocycles. The zero-order valence-corrected chi connectivity index (χ0v) is 14.0. The second-order valence-corrected chi connectivity index (χ2v) is 6.44. The van der Waals surface area contributed by atoms with Crippen LogP contribution in [0.5, 0.6) is 0 Å². The van der Waals surface area contributed by atoms with E-state index in [-0.39, 0.29) is 5.91 Å². The summed E-state index contributed by atoms with van der Waals surface area (Å²) in [7, 11) is 1.96. The second kappa shape index (κ2) is 7.65. The van der Waals surface area contributed by atoms with Crippen molar-refractivity contribution >= 4 is 46.4 Å². The fourth-order valence-corrected chi connectivity index (χ4v) is 3.36. The summed E-state index contributed by atoms with van der Waals surface area (Å²) in [5, 5.41) is 7.18. The number of carbonyl (C=O) groups excluding carboxylic acids is 1. The lowest BCUT2D eigenvalue weighted by Crippen LogP contribution is -2.44. The minimum absolute atomic E-state index is 0.137. The van der Waals surface area contributed by atoms with Gasteiger partial charge >= 0.3 is 0 Å². The number of anilines is 1. The molecule has 7 heteroatoms. The van der Waals surface area contributed by atoms with Gasteiger partial charge in [-0.2, -0.15) is 0 Å². The Hall–Kier alpha value is -0.520. The summed E-state index contributed by atoms with van der Waals surface area (Å²) < 4.78 is 0. The quantitative estimate of drug-likeness (QED) is 0.876. The monoisotopic (exact) mass is 349 g/mol. The number of halogens is 3. The van der Waals surface area contributed by atoms with Crippen LogP contribution in [0.1, 0.15) is 12.8 Å². The maximum absolute atomic E-state index is 12.1. The predicted octanol–water partition coefficient (Wildman–Crippen LogP) is 3.27. The Morgan fingerprint density at radius 1 is 1.29 bits per heavy atom. The van der Waals surface area contributed by atoms with Gasteiger partial charge in [-0.3, -0.25) is 9.69 Å². The summed E-state index contributed by atoms with van der Waals surface area (Å²) >= 11 is 18.0. The summed E-state index contributed by atoms with van der Waals surface area (Å²) in [5.74, 6) is -0.137. The number of nitrogens with zero attached hydrogens (tertiary/aromatic N) is 1. The molecule has 1 heterocycles. The molecule has 2 N–H and O–H groups in total. The van der Waals surface area contributed by atoms with Gasteiger partial charge in [-0.1, -0.05) is 34.8 Å². The van der Waals surface area contributed by atoms with Gasteiger partial charge < -0.3 is 10.6 Å². The smallest absolute Gasteiger partial charge is 0.238 e. The molecule has 1 aliphatic heterocycles. The SMILES string of the molecule is CN(CC(=O)Nc1c(Cl)cc(Cl)cc1Cl)C1CCNCC1. The number of benzene rings is 1. The number of amides is 1. The Morgan fingerprint density at radius 3 is 2.43 bits per heavy atom. The van der Waals surface area contributed by atoms with Crippen molar-refractivity contribution < 1.29 is 4.79 Å². The van der Waals surface area contributed by atoms with Crippen molar-refractivity contribution in [2.75, 3.05) is 32.0 Å². The van der Waals surface area contributed by atoms with Crippen LogP contribution in [0.2, 0.25) is 15.1 Å². The Bertz CT molecular complexity index is 495. The number of carbonyl (C=O) groups is 1. The molecular weight excluding hydrogens is 333 g/mol. The molecular formula is C14H18Cl3N3O. The zero-order chi connectivity index (χ0) is 15.4. The van der Waals surface area contributed by atoms with Gasteiger partial charge in [-0.05, 0) is 45.1 Å². The van der Waals surface area contributed by atoms with Gasteiger partial charge in [-0.15, -0.1) is 0 Å². The number of hydrogen-bond donors (Lipinski definition) is 2. The molecule has 1 aliphatic rings. The first-order chi connectivity index (χ1) is 9.97. The van der Waals surface area contributed by atoms with Crippen molar-refractivity contribution in [3.8, 4) is 0 Å². The van der Waals surface area contributed by atoms with Crippen LogP contribution >= 0.6 is 34.8 Å². The third kappa shape index (κ3) is 4.73. The normalized spacial score (nSPS) is 16.2. The van der Waals surface area contributed by atoms with E-state index in [9.17, 15) is 4.79 Å². The average Bonchev–Trinajstić information content (AvgIpc) is 2.43. The third-order valence-corrected chi connectivity index (χ3v) is 4.41. The number of hydrogen-bond acceptors (Lipinski definition) is 3. The van der Waals surface area contributed by atoms with Gasteiger partial charge in [0.05, 0.1) is 22.3 Å². The summed E-state index contributed by atoms with van der Waals surface area (Å²) in [6.45, 7) is 2.29. The lowest BCUT2D eigenvalue weighted by Gasteiger charge is -2.31. The van der Waals surface area contributed by atoms with E-state index in [2.05, 4.69) is 15.5 Å². The van der Waals surface area contributed by atoms with E-state index in [0.29, 0.717) is 33.3 Å². The van der Waals surface area contributed by atoms with Crippen molar-refractivity contribution in [1.29, 1.82) is 0 Å². The van der Waals surface area contributed by atoms with E-state index in [1.165, 1.54) is 0 Å². The minimum atomic E-state index is -0.137. The molecule has 0 aliphatic carbocycles. The van der Waals surface area contributed by atoms with Crippen LogP contribution in [-0.4, -0.2) is 43.5 Å². The van der Waals surface area contributed by atoms with E-state index in [0.717, 1.165) is 25.9 Å². The van der Waals surface area contributed by atoms with Gasteiger partial charge in [0.15, 0.2) is 0 Å². The van der Waals surface area contributed by atoms with Crippen LogP contribution in [0.4, 0.5) is 5.69 Å². The standard InChI is InChI=1S/C14H18Cl3N3O/c1-20(10-2-4-18-5-3-10)8-13(21)19-14-11(16)6-9(15)7-12(14)17/h6-7,10,18H,2-5,8H2,1H3,(H,19,21). The molecule has 1 aromatic carbocycles. The number of likely N-dealkylation sites (N-methyl/N-ethyl adjacent to an activating group) is 1. The molecule has 0 spiro atoms. The summed E-state index contributed by atoms with van der Waals surface area (Å²) in [6, 6.07) is 3.54. The largest absolute Gasteiger partial charge is 0.322 e. The van der Waals surface area contributed by atoms with Crippen molar-refractivity contribution in [2.24, 2.45) is 0 Å². The average molecular weight is 351 g/mol. The Kier molecular flexibility index (Phi) is 6.14. The molecule has 0 unspecified atom stereocenters. The zero-order valence-electron chi connectivity index (χ0n) is 11.8. The highest BCUT2D eigenvalue weighted by Gasteiger charge is 2.20. The molecule has 116 valence electrons. The molecule has 1 saturated heterocycles. The first kappa shape index (κ1) is 16.8. The van der Waals surface area contributed by atoms with Crippen LogP contribution in [0.25, 0.3) is 0 Å². The van der Waals surface area contributed by atoms with Crippen molar-refractivity contribution in [1.82, 2.24) is 10.2 Å². The van der Waals surface area contributed by atoms with Crippen LogP contribution in [0, 0.1) is 0 Å². The maximum atomic E-state index is 12.1. The van der Waals surface area contributed by atoms with E-state index in [4.69, 9.17) is 34.8 Å². The molecule has 1 aromatic rings. The highest BCUT2D eigenvalue weighted by Crippen LogP contribution is 2.33. The fourth-order valence-electron chi connectivity index (χ4n) is 2.44. The molecule has 1 fully saturated rings. The Labute approximate surface area is 139 Å². The summed E-state index contributed by atoms with van der Waals surface area (Å²) in [5.41, 5.74) is 0.409. The Balaban J connectivity index is 1.95. The number of nitrogens with one attached hydrogen (secondary N) is 2. The molecule has 0 bridgehead atoms. The molecule has 21 heavy (non-hydrogen) atoms. The Morgan fingerprint density at radius 2 is 1.86 bits per heavy atom. The molecule has 2 rings (SSSR count). The van der Waals surface area contributed by atoms with Crippen LogP contribution in [0.15, 0.2) is 12.1 Å². The van der Waals surface area contributed by atoms with Crippen molar-refractivity contribution in [2.45, 2.75) is 18.9 Å². The second-order valence-electron chi connectivity index (χ2n) is 5.19. The molecule has 1 amide bonds. The maximum Gasteiger partial charge on any atom is 0.238 e. The number of piperidine rings is 1. The predicted molar refractivity (Wildman–Crippen MR) is 88.6 cm³/mol. The highest BCUT2D eigenvalue weighted by molar-refractivity contribution is 6.42. The first-order valence-corrected chi connectivity index (χ1v) is 7.96. The van der Waals surface area contributed by atoms with Crippen LogP contribution in [0.3, 0.4) is 0 Å². The lowest BCUT2D eigenvalue weighted by atomic mass is 10.1. The van der Waals surface area contributed by atoms with Crippen molar-refractivity contribution in [3.05, 3.63) is 27.2 Å². The minimum Gasteiger partial charge on any atom is -0.322 e. The molecule has 0 radical (unpaired) electrons. The summed E-state index contributed by atoms with van der Waals surface area (Å²) in [6.07, 6.45) is 2.10. The third-order valence-electron chi connectivity index (χ3n) is 3.60. The topological polar surface area (TPSA) is 44.4 Å². The van der Waals surface area contributed by atoms with E-state index in [1.807, 2.05) is 7.05 Å². The van der Waals surface area contributed by atoms with Gasteiger partial charge in [0.1, 0.15) is 0 Å². The van der Waals surface area contributed by atoms with Gasteiger partial charge in [0.25, 0.3) is 0 Å².